The minimum atomic E-state index is -0.908. The normalized spacial score (nSPS) is 19.7. The molecule has 0 aromatic carbocycles. The first kappa shape index (κ1) is 14.1. The van der Waals surface area contributed by atoms with E-state index in [9.17, 15) is 4.79 Å². The van der Waals surface area contributed by atoms with Crippen molar-refractivity contribution in [1.29, 1.82) is 0 Å². The van der Waals surface area contributed by atoms with Crippen molar-refractivity contribution in [3.8, 4) is 0 Å². The van der Waals surface area contributed by atoms with Crippen LogP contribution in [0.3, 0.4) is 0 Å². The Kier molecular flexibility index (Phi) is 3.68. The Hall–Kier alpha value is -1.88. The molecule has 2 aromatic heterocycles. The number of pyridine rings is 1. The van der Waals surface area contributed by atoms with Crippen LogP contribution in [0.25, 0.3) is 5.65 Å². The molecule has 0 radical (unpaired) electrons. The van der Waals surface area contributed by atoms with Gasteiger partial charge in [-0.15, -0.1) is 0 Å². The van der Waals surface area contributed by atoms with Gasteiger partial charge in [0.25, 0.3) is 0 Å². The highest BCUT2D eigenvalue weighted by Crippen LogP contribution is 2.23. The van der Waals surface area contributed by atoms with E-state index in [2.05, 4.69) is 23.7 Å². The van der Waals surface area contributed by atoms with E-state index in [0.717, 1.165) is 17.8 Å². The molecule has 5 heteroatoms. The van der Waals surface area contributed by atoms with Crippen LogP contribution < -0.4 is 0 Å². The van der Waals surface area contributed by atoms with Gasteiger partial charge in [-0.05, 0) is 45.4 Å². The molecule has 0 amide bonds. The Morgan fingerprint density at radius 1 is 1.43 bits per heavy atom. The summed E-state index contributed by atoms with van der Waals surface area (Å²) in [5.41, 5.74) is 2.13. The van der Waals surface area contributed by atoms with E-state index in [1.54, 1.807) is 18.3 Å². The number of aromatic carboxylic acids is 1. The summed E-state index contributed by atoms with van der Waals surface area (Å²) < 4.78 is 1.81. The molecule has 5 nitrogen and oxygen atoms in total. The van der Waals surface area contributed by atoms with Crippen molar-refractivity contribution in [2.45, 2.75) is 45.2 Å². The number of fused-ring (bicyclic) bond motifs is 1. The largest absolute Gasteiger partial charge is 0.478 e. The van der Waals surface area contributed by atoms with Crippen LogP contribution in [0.15, 0.2) is 24.5 Å². The first-order chi connectivity index (χ1) is 10.0. The second kappa shape index (κ2) is 5.48. The van der Waals surface area contributed by atoms with E-state index in [1.165, 1.54) is 19.4 Å². The van der Waals surface area contributed by atoms with E-state index in [0.29, 0.717) is 12.1 Å². The number of carbonyl (C=O) groups is 1. The molecule has 1 aliphatic rings. The van der Waals surface area contributed by atoms with Crippen LogP contribution in [-0.4, -0.2) is 44.0 Å². The van der Waals surface area contributed by atoms with Crippen molar-refractivity contribution in [3.63, 3.8) is 0 Å². The molecule has 3 rings (SSSR count). The average Bonchev–Trinajstić information content (AvgIpc) is 3.03. The second-order valence-corrected chi connectivity index (χ2v) is 6.05. The van der Waals surface area contributed by atoms with Crippen LogP contribution in [0.1, 0.15) is 42.7 Å². The molecule has 0 spiro atoms. The highest BCUT2D eigenvalue weighted by Gasteiger charge is 2.27. The first-order valence-electron chi connectivity index (χ1n) is 7.51. The third kappa shape index (κ3) is 2.78. The van der Waals surface area contributed by atoms with Crippen molar-refractivity contribution >= 4 is 11.6 Å². The molecule has 21 heavy (non-hydrogen) atoms. The summed E-state index contributed by atoms with van der Waals surface area (Å²) in [4.78, 5) is 18.2. The quantitative estimate of drug-likeness (QED) is 0.938. The highest BCUT2D eigenvalue weighted by atomic mass is 16.4. The van der Waals surface area contributed by atoms with Gasteiger partial charge in [-0.1, -0.05) is 0 Å². The number of carboxylic acids is 1. The van der Waals surface area contributed by atoms with Gasteiger partial charge in [0.15, 0.2) is 0 Å². The van der Waals surface area contributed by atoms with Gasteiger partial charge in [-0.25, -0.2) is 9.78 Å². The Balaban J connectivity index is 1.83. The molecular formula is C16H21N3O2. The topological polar surface area (TPSA) is 57.8 Å². The molecule has 0 saturated carbocycles. The predicted octanol–water partition coefficient (Wildman–Crippen LogP) is 2.45. The zero-order chi connectivity index (χ0) is 15.0. The number of rotatable bonds is 4. The SMILES string of the molecule is CC(C)N1CCCC1Cc1cn2cc(C(=O)O)ccc2n1. The molecule has 0 aliphatic carbocycles. The maximum atomic E-state index is 11.0. The van der Waals surface area contributed by atoms with E-state index >= 15 is 0 Å². The zero-order valence-electron chi connectivity index (χ0n) is 12.5. The molecule has 1 aliphatic heterocycles. The second-order valence-electron chi connectivity index (χ2n) is 6.05. The van der Waals surface area contributed by atoms with Crippen LogP contribution in [0.2, 0.25) is 0 Å². The lowest BCUT2D eigenvalue weighted by atomic mass is 10.1. The average molecular weight is 287 g/mol. The predicted molar refractivity (Wildman–Crippen MR) is 80.7 cm³/mol. The van der Waals surface area contributed by atoms with Crippen molar-refractivity contribution < 1.29 is 9.90 Å². The monoisotopic (exact) mass is 287 g/mol. The summed E-state index contributed by atoms with van der Waals surface area (Å²) in [7, 11) is 0. The fourth-order valence-electron chi connectivity index (χ4n) is 3.27. The Morgan fingerprint density at radius 2 is 2.24 bits per heavy atom. The summed E-state index contributed by atoms with van der Waals surface area (Å²) >= 11 is 0. The third-order valence-corrected chi connectivity index (χ3v) is 4.28. The van der Waals surface area contributed by atoms with Gasteiger partial charge in [-0.2, -0.15) is 0 Å². The molecule has 1 saturated heterocycles. The van der Waals surface area contributed by atoms with E-state index in [4.69, 9.17) is 5.11 Å². The Morgan fingerprint density at radius 3 is 2.95 bits per heavy atom. The number of nitrogens with zero attached hydrogens (tertiary/aromatic N) is 3. The molecule has 1 fully saturated rings. The minimum Gasteiger partial charge on any atom is -0.478 e. The van der Waals surface area contributed by atoms with Gasteiger partial charge < -0.3 is 9.51 Å². The van der Waals surface area contributed by atoms with Crippen LogP contribution in [0, 0.1) is 0 Å². The van der Waals surface area contributed by atoms with Crippen LogP contribution in [0.4, 0.5) is 0 Å². The summed E-state index contributed by atoms with van der Waals surface area (Å²) in [6.45, 7) is 5.64. The summed E-state index contributed by atoms with van der Waals surface area (Å²) in [5, 5.41) is 9.04. The lowest BCUT2D eigenvalue weighted by Gasteiger charge is -2.27. The third-order valence-electron chi connectivity index (χ3n) is 4.28. The molecule has 2 aromatic rings. The number of aromatic nitrogens is 2. The molecule has 1 unspecified atom stereocenters. The molecule has 0 bridgehead atoms. The number of carboxylic acid groups (broad SMARTS) is 1. The van der Waals surface area contributed by atoms with Gasteiger partial charge in [-0.3, -0.25) is 4.90 Å². The maximum Gasteiger partial charge on any atom is 0.337 e. The molecule has 3 heterocycles. The Bertz CT molecular complexity index is 663. The van der Waals surface area contributed by atoms with Crippen molar-refractivity contribution in [2.75, 3.05) is 6.54 Å². The first-order valence-corrected chi connectivity index (χ1v) is 7.51. The Labute approximate surface area is 124 Å². The van der Waals surface area contributed by atoms with E-state index in [-0.39, 0.29) is 5.56 Å². The van der Waals surface area contributed by atoms with Crippen molar-refractivity contribution in [2.24, 2.45) is 0 Å². The smallest absolute Gasteiger partial charge is 0.337 e. The standard InChI is InChI=1S/C16H21N3O2/c1-11(2)19-7-3-4-14(19)8-13-10-18-9-12(16(20)21)5-6-15(18)17-13/h5-6,9-11,14H,3-4,7-8H2,1-2H3,(H,20,21). The molecule has 1 N–H and O–H groups in total. The molecule has 1 atom stereocenters. The van der Waals surface area contributed by atoms with Crippen LogP contribution in [0.5, 0.6) is 0 Å². The van der Waals surface area contributed by atoms with Gasteiger partial charge in [0.1, 0.15) is 5.65 Å². The van der Waals surface area contributed by atoms with Gasteiger partial charge in [0, 0.05) is 30.9 Å². The number of hydrogen-bond donors (Lipinski definition) is 1. The summed E-state index contributed by atoms with van der Waals surface area (Å²) in [6, 6.07) is 4.48. The fraction of sp³-hybridized carbons (Fsp3) is 0.500. The summed E-state index contributed by atoms with van der Waals surface area (Å²) in [6.07, 6.45) is 6.98. The number of hydrogen-bond acceptors (Lipinski definition) is 3. The van der Waals surface area contributed by atoms with Gasteiger partial charge in [0.2, 0.25) is 0 Å². The van der Waals surface area contributed by atoms with Gasteiger partial charge >= 0.3 is 5.97 Å². The van der Waals surface area contributed by atoms with Gasteiger partial charge in [0.05, 0.1) is 11.3 Å². The zero-order valence-corrected chi connectivity index (χ0v) is 12.5. The van der Waals surface area contributed by atoms with Crippen LogP contribution >= 0.6 is 0 Å². The van der Waals surface area contributed by atoms with Crippen LogP contribution in [-0.2, 0) is 6.42 Å². The maximum absolute atomic E-state index is 11.0. The fourth-order valence-corrected chi connectivity index (χ4v) is 3.27. The number of likely N-dealkylation sites (tertiary alicyclic amines) is 1. The van der Waals surface area contributed by atoms with E-state index < -0.39 is 5.97 Å². The number of imidazole rings is 1. The molecular weight excluding hydrogens is 266 g/mol. The van der Waals surface area contributed by atoms with E-state index in [1.807, 2.05) is 10.6 Å². The highest BCUT2D eigenvalue weighted by molar-refractivity contribution is 5.87. The summed E-state index contributed by atoms with van der Waals surface area (Å²) in [5.74, 6) is -0.908. The van der Waals surface area contributed by atoms with Crippen molar-refractivity contribution in [1.82, 2.24) is 14.3 Å². The molecule has 112 valence electrons. The van der Waals surface area contributed by atoms with Crippen molar-refractivity contribution in [3.05, 3.63) is 35.8 Å². The lowest BCUT2D eigenvalue weighted by molar-refractivity contribution is 0.0696. The minimum absolute atomic E-state index is 0.288. The lowest BCUT2D eigenvalue weighted by Crippen LogP contribution is -2.36.